The SMILES string of the molecule is Cc1c(F)sc2c1SOCC2. The van der Waals surface area contributed by atoms with Crippen molar-refractivity contribution in [1.82, 2.24) is 0 Å². The molecule has 11 heavy (non-hydrogen) atoms. The van der Waals surface area contributed by atoms with Crippen molar-refractivity contribution in [3.05, 3.63) is 15.6 Å². The monoisotopic (exact) mass is 190 g/mol. The van der Waals surface area contributed by atoms with Crippen LogP contribution in [0.5, 0.6) is 0 Å². The maximum absolute atomic E-state index is 13.0. The minimum absolute atomic E-state index is 0.0620. The summed E-state index contributed by atoms with van der Waals surface area (Å²) in [6.45, 7) is 2.50. The fraction of sp³-hybridized carbons (Fsp3) is 0.429. The van der Waals surface area contributed by atoms with Gasteiger partial charge in [0.15, 0.2) is 5.13 Å². The molecule has 0 aliphatic carbocycles. The molecule has 1 nitrogen and oxygen atoms in total. The van der Waals surface area contributed by atoms with E-state index in [2.05, 4.69) is 0 Å². The van der Waals surface area contributed by atoms with Gasteiger partial charge in [0.05, 0.1) is 11.5 Å². The van der Waals surface area contributed by atoms with E-state index < -0.39 is 0 Å². The van der Waals surface area contributed by atoms with Crippen LogP contribution in [0.3, 0.4) is 0 Å². The van der Waals surface area contributed by atoms with Gasteiger partial charge in [0.25, 0.3) is 0 Å². The van der Waals surface area contributed by atoms with Gasteiger partial charge >= 0.3 is 0 Å². The predicted octanol–water partition coefficient (Wildman–Crippen LogP) is 2.78. The Hall–Kier alpha value is -0.0600. The van der Waals surface area contributed by atoms with Gasteiger partial charge in [-0.25, -0.2) is 0 Å². The fourth-order valence-electron chi connectivity index (χ4n) is 1.04. The molecule has 0 amide bonds. The van der Waals surface area contributed by atoms with Crippen LogP contribution in [0.4, 0.5) is 4.39 Å². The number of halogens is 1. The van der Waals surface area contributed by atoms with Gasteiger partial charge in [0.1, 0.15) is 0 Å². The van der Waals surface area contributed by atoms with Crippen LogP contribution in [0.15, 0.2) is 4.90 Å². The molecule has 1 aliphatic heterocycles. The third kappa shape index (κ3) is 1.19. The molecule has 1 aromatic rings. The lowest BCUT2D eigenvalue weighted by Gasteiger charge is -2.09. The van der Waals surface area contributed by atoms with Crippen LogP contribution in [0.2, 0.25) is 0 Å². The van der Waals surface area contributed by atoms with Crippen LogP contribution in [0, 0.1) is 12.1 Å². The van der Waals surface area contributed by atoms with Crippen LogP contribution in [0.1, 0.15) is 10.4 Å². The van der Waals surface area contributed by atoms with E-state index in [4.69, 9.17) is 4.18 Å². The molecule has 0 unspecified atom stereocenters. The molecule has 1 aliphatic rings. The lowest BCUT2D eigenvalue weighted by Crippen LogP contribution is -1.98. The first kappa shape index (κ1) is 7.58. The normalized spacial score (nSPS) is 16.5. The van der Waals surface area contributed by atoms with Gasteiger partial charge in [0, 0.05) is 28.9 Å². The van der Waals surface area contributed by atoms with Crippen LogP contribution in [-0.2, 0) is 10.6 Å². The number of rotatable bonds is 0. The Morgan fingerprint density at radius 2 is 2.36 bits per heavy atom. The van der Waals surface area contributed by atoms with E-state index in [0.29, 0.717) is 6.61 Å². The minimum Gasteiger partial charge on any atom is -0.310 e. The van der Waals surface area contributed by atoms with Gasteiger partial charge < -0.3 is 4.18 Å². The van der Waals surface area contributed by atoms with Crippen LogP contribution in [0.25, 0.3) is 0 Å². The van der Waals surface area contributed by atoms with Gasteiger partial charge in [-0.15, -0.1) is 11.3 Å². The summed E-state index contributed by atoms with van der Waals surface area (Å²) in [5.74, 6) is 0. The van der Waals surface area contributed by atoms with Gasteiger partial charge in [-0.1, -0.05) is 0 Å². The van der Waals surface area contributed by atoms with E-state index in [1.54, 1.807) is 6.92 Å². The van der Waals surface area contributed by atoms with Gasteiger partial charge in [0.2, 0.25) is 0 Å². The van der Waals surface area contributed by atoms with Crippen molar-refractivity contribution < 1.29 is 8.57 Å². The van der Waals surface area contributed by atoms with E-state index in [0.717, 1.165) is 21.8 Å². The number of hydrogen-bond acceptors (Lipinski definition) is 3. The van der Waals surface area contributed by atoms with Gasteiger partial charge in [-0.3, -0.25) is 0 Å². The molecule has 0 atom stereocenters. The average Bonchev–Trinajstić information content (AvgIpc) is 2.30. The van der Waals surface area contributed by atoms with Gasteiger partial charge in [-0.2, -0.15) is 4.39 Å². The maximum atomic E-state index is 13.0. The second kappa shape index (κ2) is 2.77. The number of hydrogen-bond donors (Lipinski definition) is 0. The summed E-state index contributed by atoms with van der Waals surface area (Å²) < 4.78 is 18.1. The summed E-state index contributed by atoms with van der Waals surface area (Å²) in [5.41, 5.74) is 0.745. The average molecular weight is 190 g/mol. The molecule has 0 saturated heterocycles. The highest BCUT2D eigenvalue weighted by Crippen LogP contribution is 2.38. The van der Waals surface area contributed by atoms with E-state index in [9.17, 15) is 4.39 Å². The molecular formula is C7H7FOS2. The molecule has 1 aromatic heterocycles. The van der Waals surface area contributed by atoms with Crippen LogP contribution >= 0.6 is 23.4 Å². The molecule has 2 heterocycles. The first-order chi connectivity index (χ1) is 5.29. The molecule has 0 saturated carbocycles. The highest BCUT2D eigenvalue weighted by atomic mass is 32.2. The second-order valence-corrected chi connectivity index (χ2v) is 4.27. The highest BCUT2D eigenvalue weighted by molar-refractivity contribution is 7.95. The highest BCUT2D eigenvalue weighted by Gasteiger charge is 2.19. The van der Waals surface area contributed by atoms with Crippen LogP contribution < -0.4 is 0 Å². The topological polar surface area (TPSA) is 9.23 Å². The Balaban J connectivity index is 2.50. The molecule has 2 rings (SSSR count). The lowest BCUT2D eigenvalue weighted by atomic mass is 10.3. The summed E-state index contributed by atoms with van der Waals surface area (Å²) in [4.78, 5) is 2.13. The number of thiophene rings is 1. The quantitative estimate of drug-likeness (QED) is 0.582. The maximum Gasteiger partial charge on any atom is 0.180 e. The molecule has 0 bridgehead atoms. The number of fused-ring (bicyclic) bond motifs is 1. The standard InChI is InChI=1S/C7H7FOS2/c1-4-6-5(10-7(4)8)2-3-9-11-6/h2-3H2,1H3. The molecule has 0 spiro atoms. The Bertz CT molecular complexity index is 282. The second-order valence-electron chi connectivity index (χ2n) is 2.41. The smallest absolute Gasteiger partial charge is 0.180 e. The molecule has 0 radical (unpaired) electrons. The summed E-state index contributed by atoms with van der Waals surface area (Å²) >= 11 is 2.56. The summed E-state index contributed by atoms with van der Waals surface area (Å²) in [6.07, 6.45) is 0.859. The van der Waals surface area contributed by atoms with E-state index in [1.807, 2.05) is 0 Å². The Labute approximate surface area is 72.8 Å². The molecule has 0 aromatic carbocycles. The minimum atomic E-state index is -0.0620. The fourth-order valence-corrected chi connectivity index (χ4v) is 2.93. The predicted molar refractivity (Wildman–Crippen MR) is 44.5 cm³/mol. The van der Waals surface area contributed by atoms with Crippen molar-refractivity contribution in [3.63, 3.8) is 0 Å². The molecular weight excluding hydrogens is 183 g/mol. The van der Waals surface area contributed by atoms with Crippen molar-refractivity contribution >= 4 is 23.4 Å². The van der Waals surface area contributed by atoms with Crippen molar-refractivity contribution in [1.29, 1.82) is 0 Å². The zero-order valence-electron chi connectivity index (χ0n) is 6.02. The van der Waals surface area contributed by atoms with E-state index >= 15 is 0 Å². The van der Waals surface area contributed by atoms with Gasteiger partial charge in [-0.05, 0) is 6.92 Å². The molecule has 0 N–H and O–H groups in total. The third-order valence-corrected chi connectivity index (χ3v) is 3.93. The largest absolute Gasteiger partial charge is 0.310 e. The van der Waals surface area contributed by atoms with Crippen molar-refractivity contribution in [2.45, 2.75) is 18.2 Å². The Morgan fingerprint density at radius 1 is 1.55 bits per heavy atom. The Kier molecular flexibility index (Phi) is 1.91. The first-order valence-corrected chi connectivity index (χ1v) is 4.92. The summed E-state index contributed by atoms with van der Waals surface area (Å²) in [7, 11) is 0. The van der Waals surface area contributed by atoms with Crippen molar-refractivity contribution in [3.8, 4) is 0 Å². The molecule has 4 heteroatoms. The molecule has 0 fully saturated rings. The summed E-state index contributed by atoms with van der Waals surface area (Å²) in [5, 5.41) is -0.0620. The Morgan fingerprint density at radius 3 is 3.09 bits per heavy atom. The van der Waals surface area contributed by atoms with Crippen LogP contribution in [-0.4, -0.2) is 6.61 Å². The van der Waals surface area contributed by atoms with E-state index in [1.165, 1.54) is 23.4 Å². The zero-order chi connectivity index (χ0) is 7.84. The first-order valence-electron chi connectivity index (χ1n) is 3.36. The third-order valence-electron chi connectivity index (χ3n) is 1.66. The lowest BCUT2D eigenvalue weighted by molar-refractivity contribution is 0.369. The summed E-state index contributed by atoms with van der Waals surface area (Å²) in [6, 6.07) is 0. The zero-order valence-corrected chi connectivity index (χ0v) is 7.65. The molecule has 60 valence electrons. The van der Waals surface area contributed by atoms with Crippen molar-refractivity contribution in [2.75, 3.05) is 6.61 Å². The van der Waals surface area contributed by atoms with E-state index in [-0.39, 0.29) is 5.13 Å². The van der Waals surface area contributed by atoms with Crippen molar-refractivity contribution in [2.24, 2.45) is 0 Å².